The van der Waals surface area contributed by atoms with Crippen molar-refractivity contribution >= 4 is 17.6 Å². The van der Waals surface area contributed by atoms with Gasteiger partial charge in [0.1, 0.15) is 6.61 Å². The number of amides is 1. The van der Waals surface area contributed by atoms with Gasteiger partial charge in [-0.05, 0) is 37.5 Å². The number of nitrogens with one attached hydrogen (secondary N) is 1. The van der Waals surface area contributed by atoms with Gasteiger partial charge in [-0.3, -0.25) is 4.79 Å². The molecule has 0 spiro atoms. The monoisotopic (exact) mass is 277 g/mol. The third-order valence-electron chi connectivity index (χ3n) is 3.51. The highest BCUT2D eigenvalue weighted by Gasteiger charge is 2.17. The van der Waals surface area contributed by atoms with E-state index in [0.29, 0.717) is 5.69 Å². The fourth-order valence-corrected chi connectivity index (χ4v) is 2.32. The Kier molecular flexibility index (Phi) is 4.74. The van der Waals surface area contributed by atoms with E-state index in [4.69, 9.17) is 9.84 Å². The van der Waals surface area contributed by atoms with Gasteiger partial charge in [0.15, 0.2) is 0 Å². The third-order valence-corrected chi connectivity index (χ3v) is 3.51. The zero-order valence-electron chi connectivity index (χ0n) is 11.5. The largest absolute Gasteiger partial charge is 0.478 e. The lowest BCUT2D eigenvalue weighted by atomic mass is 10.1. The second kappa shape index (κ2) is 6.52. The highest BCUT2D eigenvalue weighted by atomic mass is 16.5. The first-order valence-corrected chi connectivity index (χ1v) is 6.81. The zero-order chi connectivity index (χ0) is 14.5. The van der Waals surface area contributed by atoms with Crippen molar-refractivity contribution < 1.29 is 19.4 Å². The van der Waals surface area contributed by atoms with Gasteiger partial charge < -0.3 is 15.2 Å². The van der Waals surface area contributed by atoms with Crippen LogP contribution in [0.15, 0.2) is 18.2 Å². The molecule has 1 aromatic carbocycles. The van der Waals surface area contributed by atoms with Crippen LogP contribution < -0.4 is 5.32 Å². The molecule has 0 unspecified atom stereocenters. The molecule has 1 aliphatic carbocycles. The number of hydrogen-bond donors (Lipinski definition) is 2. The second-order valence-electron chi connectivity index (χ2n) is 5.10. The number of ether oxygens (including phenoxy) is 1. The molecule has 20 heavy (non-hydrogen) atoms. The van der Waals surface area contributed by atoms with Crippen LogP contribution in [-0.4, -0.2) is 29.7 Å². The Bertz CT molecular complexity index is 507. The highest BCUT2D eigenvalue weighted by molar-refractivity contribution is 5.95. The lowest BCUT2D eigenvalue weighted by molar-refractivity contribution is -0.122. The Labute approximate surface area is 117 Å². The first-order valence-electron chi connectivity index (χ1n) is 6.81. The summed E-state index contributed by atoms with van der Waals surface area (Å²) < 4.78 is 5.53. The molecule has 0 aromatic heterocycles. The van der Waals surface area contributed by atoms with Crippen molar-refractivity contribution in [2.24, 2.45) is 0 Å². The maximum atomic E-state index is 11.8. The molecule has 2 rings (SSSR count). The SMILES string of the molecule is Cc1ccc(C(=O)O)cc1NC(=O)COC1CCCC1. The van der Waals surface area contributed by atoms with Crippen LogP contribution >= 0.6 is 0 Å². The molecule has 1 fully saturated rings. The molecule has 5 heteroatoms. The minimum Gasteiger partial charge on any atom is -0.478 e. The van der Waals surface area contributed by atoms with Gasteiger partial charge >= 0.3 is 5.97 Å². The molecular weight excluding hydrogens is 258 g/mol. The van der Waals surface area contributed by atoms with Crippen molar-refractivity contribution in [3.05, 3.63) is 29.3 Å². The van der Waals surface area contributed by atoms with E-state index in [1.54, 1.807) is 6.07 Å². The number of carbonyl (C=O) groups is 2. The predicted molar refractivity (Wildman–Crippen MR) is 75.0 cm³/mol. The first kappa shape index (κ1) is 14.5. The molecule has 2 N–H and O–H groups in total. The summed E-state index contributed by atoms with van der Waals surface area (Å²) >= 11 is 0. The molecule has 0 atom stereocenters. The minimum absolute atomic E-state index is 0.0153. The Morgan fingerprint density at radius 1 is 1.35 bits per heavy atom. The molecule has 0 aliphatic heterocycles. The Balaban J connectivity index is 1.92. The van der Waals surface area contributed by atoms with Crippen molar-refractivity contribution in [1.29, 1.82) is 0 Å². The van der Waals surface area contributed by atoms with Crippen LogP contribution in [0.4, 0.5) is 5.69 Å². The van der Waals surface area contributed by atoms with E-state index in [9.17, 15) is 9.59 Å². The van der Waals surface area contributed by atoms with Crippen molar-refractivity contribution in [2.45, 2.75) is 38.7 Å². The second-order valence-corrected chi connectivity index (χ2v) is 5.10. The molecular formula is C15H19NO4. The Morgan fingerprint density at radius 2 is 2.05 bits per heavy atom. The Hall–Kier alpha value is -1.88. The van der Waals surface area contributed by atoms with Gasteiger partial charge in [-0.1, -0.05) is 18.9 Å². The van der Waals surface area contributed by atoms with Crippen molar-refractivity contribution in [3.8, 4) is 0 Å². The molecule has 0 bridgehead atoms. The summed E-state index contributed by atoms with van der Waals surface area (Å²) in [5.41, 5.74) is 1.50. The summed E-state index contributed by atoms with van der Waals surface area (Å²) in [4.78, 5) is 22.7. The van der Waals surface area contributed by atoms with E-state index >= 15 is 0 Å². The van der Waals surface area contributed by atoms with Gasteiger partial charge in [0.2, 0.25) is 5.91 Å². The van der Waals surface area contributed by atoms with Gasteiger partial charge in [0, 0.05) is 5.69 Å². The number of carboxylic acids is 1. The van der Waals surface area contributed by atoms with Gasteiger partial charge in [-0.25, -0.2) is 4.79 Å². The van der Waals surface area contributed by atoms with E-state index in [2.05, 4.69) is 5.32 Å². The average Bonchev–Trinajstić information content (AvgIpc) is 2.92. The van der Waals surface area contributed by atoms with Crippen LogP contribution in [0.5, 0.6) is 0 Å². The predicted octanol–water partition coefficient (Wildman–Crippen LogP) is 2.59. The minimum atomic E-state index is -1.01. The van der Waals surface area contributed by atoms with Crippen molar-refractivity contribution in [3.63, 3.8) is 0 Å². The van der Waals surface area contributed by atoms with Gasteiger partial charge in [-0.2, -0.15) is 0 Å². The summed E-state index contributed by atoms with van der Waals surface area (Å²) in [6, 6.07) is 4.66. The van der Waals surface area contributed by atoms with E-state index in [0.717, 1.165) is 31.2 Å². The van der Waals surface area contributed by atoms with Crippen LogP contribution in [0.25, 0.3) is 0 Å². The summed E-state index contributed by atoms with van der Waals surface area (Å²) in [6.07, 6.45) is 4.53. The number of aryl methyl sites for hydroxylation is 1. The van der Waals surface area contributed by atoms with Crippen LogP contribution in [-0.2, 0) is 9.53 Å². The molecule has 1 saturated carbocycles. The van der Waals surface area contributed by atoms with Crippen LogP contribution in [0.1, 0.15) is 41.6 Å². The molecule has 1 aromatic rings. The van der Waals surface area contributed by atoms with Gasteiger partial charge in [-0.15, -0.1) is 0 Å². The highest BCUT2D eigenvalue weighted by Crippen LogP contribution is 2.21. The van der Waals surface area contributed by atoms with E-state index in [-0.39, 0.29) is 24.2 Å². The molecule has 1 amide bonds. The normalized spacial score (nSPS) is 15.2. The van der Waals surface area contributed by atoms with Gasteiger partial charge in [0.25, 0.3) is 0 Å². The maximum Gasteiger partial charge on any atom is 0.335 e. The number of anilines is 1. The molecule has 0 heterocycles. The summed E-state index contributed by atoms with van der Waals surface area (Å²) in [5.74, 6) is -1.26. The molecule has 108 valence electrons. The third kappa shape index (κ3) is 3.81. The zero-order valence-corrected chi connectivity index (χ0v) is 11.5. The van der Waals surface area contributed by atoms with E-state index in [1.807, 2.05) is 6.92 Å². The quantitative estimate of drug-likeness (QED) is 0.867. The summed E-state index contributed by atoms with van der Waals surface area (Å²) in [6.45, 7) is 1.83. The number of aromatic carboxylic acids is 1. The fraction of sp³-hybridized carbons (Fsp3) is 0.467. The topological polar surface area (TPSA) is 75.6 Å². The lowest BCUT2D eigenvalue weighted by Crippen LogP contribution is -2.22. The number of benzene rings is 1. The summed E-state index contributed by atoms with van der Waals surface area (Å²) in [5, 5.41) is 11.6. The van der Waals surface area contributed by atoms with Crippen LogP contribution in [0.3, 0.4) is 0 Å². The molecule has 1 aliphatic rings. The van der Waals surface area contributed by atoms with Gasteiger partial charge in [0.05, 0.1) is 11.7 Å². The van der Waals surface area contributed by atoms with Crippen molar-refractivity contribution in [1.82, 2.24) is 0 Å². The molecule has 5 nitrogen and oxygen atoms in total. The van der Waals surface area contributed by atoms with Crippen molar-refractivity contribution in [2.75, 3.05) is 11.9 Å². The number of carboxylic acid groups (broad SMARTS) is 1. The maximum absolute atomic E-state index is 11.8. The lowest BCUT2D eigenvalue weighted by Gasteiger charge is -2.12. The number of hydrogen-bond acceptors (Lipinski definition) is 3. The first-order chi connectivity index (χ1) is 9.56. The van der Waals surface area contributed by atoms with E-state index in [1.165, 1.54) is 12.1 Å². The molecule has 0 saturated heterocycles. The van der Waals surface area contributed by atoms with Crippen LogP contribution in [0, 0.1) is 6.92 Å². The molecule has 0 radical (unpaired) electrons. The summed E-state index contributed by atoms with van der Waals surface area (Å²) in [7, 11) is 0. The van der Waals surface area contributed by atoms with Crippen LogP contribution in [0.2, 0.25) is 0 Å². The smallest absolute Gasteiger partial charge is 0.335 e. The number of carbonyl (C=O) groups excluding carboxylic acids is 1. The Morgan fingerprint density at radius 3 is 2.70 bits per heavy atom. The fourth-order valence-electron chi connectivity index (χ4n) is 2.32. The number of rotatable bonds is 5. The average molecular weight is 277 g/mol. The van der Waals surface area contributed by atoms with E-state index < -0.39 is 5.97 Å². The standard InChI is InChI=1S/C15H19NO4/c1-10-6-7-11(15(18)19)8-13(10)16-14(17)9-20-12-4-2-3-5-12/h6-8,12H,2-5,9H2,1H3,(H,16,17)(H,18,19).